The monoisotopic (exact) mass is 341 g/mol. The van der Waals surface area contributed by atoms with Gasteiger partial charge in [-0.05, 0) is 26.2 Å². The predicted molar refractivity (Wildman–Crippen MR) is 97.8 cm³/mol. The number of aliphatic hydroxyl groups excluding tert-OH is 1. The number of carbonyl (C=O) groups excluding carboxylic acids is 2. The molecule has 1 atom stereocenters. The third kappa shape index (κ3) is 13.0. The molecule has 0 aliphatic rings. The van der Waals surface area contributed by atoms with Gasteiger partial charge < -0.3 is 15.7 Å². The Balaban J connectivity index is 3.63. The van der Waals surface area contributed by atoms with Crippen LogP contribution in [0.15, 0.2) is 4.99 Å². The van der Waals surface area contributed by atoms with Gasteiger partial charge in [-0.2, -0.15) is 4.99 Å². The first kappa shape index (κ1) is 22.6. The van der Waals surface area contributed by atoms with Crippen LogP contribution in [0.1, 0.15) is 78.1 Å². The molecule has 0 aromatic rings. The summed E-state index contributed by atoms with van der Waals surface area (Å²) in [5.41, 5.74) is 5.68. The van der Waals surface area contributed by atoms with Gasteiger partial charge in [-0.15, -0.1) is 0 Å². The van der Waals surface area contributed by atoms with Crippen LogP contribution < -0.4 is 5.73 Å². The van der Waals surface area contributed by atoms with Crippen LogP contribution in [-0.2, 0) is 9.59 Å². The van der Waals surface area contributed by atoms with Crippen molar-refractivity contribution in [2.24, 2.45) is 10.7 Å². The van der Waals surface area contributed by atoms with Gasteiger partial charge in [-0.25, -0.2) is 0 Å². The minimum Gasteiger partial charge on any atom is -0.393 e. The molecule has 0 rings (SSSR count). The summed E-state index contributed by atoms with van der Waals surface area (Å²) in [7, 11) is 1.65. The number of aliphatic hydroxyl groups is 1. The van der Waals surface area contributed by atoms with Gasteiger partial charge in [0, 0.05) is 13.5 Å². The Morgan fingerprint density at radius 3 is 2.17 bits per heavy atom. The van der Waals surface area contributed by atoms with Crippen LogP contribution in [0, 0.1) is 0 Å². The maximum Gasteiger partial charge on any atom is 0.248 e. The number of nitrogens with zero attached hydrogens (tertiary/aromatic N) is 2. The molecular weight excluding hydrogens is 306 g/mol. The highest BCUT2D eigenvalue weighted by Crippen LogP contribution is 2.11. The van der Waals surface area contributed by atoms with Gasteiger partial charge >= 0.3 is 0 Å². The number of amides is 1. The lowest BCUT2D eigenvalue weighted by atomic mass is 10.0. The molecule has 0 saturated heterocycles. The fourth-order valence-corrected chi connectivity index (χ4v) is 2.43. The van der Waals surface area contributed by atoms with Crippen molar-refractivity contribution < 1.29 is 14.7 Å². The molecule has 0 heterocycles. The van der Waals surface area contributed by atoms with Crippen molar-refractivity contribution in [3.8, 4) is 0 Å². The Bertz CT molecular complexity index is 397. The first-order valence-corrected chi connectivity index (χ1v) is 9.12. The highest BCUT2D eigenvalue weighted by molar-refractivity contribution is 5.93. The lowest BCUT2D eigenvalue weighted by Crippen LogP contribution is -2.37. The largest absolute Gasteiger partial charge is 0.393 e. The highest BCUT2D eigenvalue weighted by Gasteiger charge is 2.07. The van der Waals surface area contributed by atoms with E-state index in [1.165, 1.54) is 31.1 Å². The van der Waals surface area contributed by atoms with E-state index in [4.69, 9.17) is 5.73 Å². The fourth-order valence-electron chi connectivity index (χ4n) is 2.43. The molecule has 0 fully saturated rings. The molecule has 0 aromatic heterocycles. The molecule has 0 aromatic carbocycles. The Hall–Kier alpha value is -1.43. The van der Waals surface area contributed by atoms with E-state index < -0.39 is 0 Å². The summed E-state index contributed by atoms with van der Waals surface area (Å²) >= 11 is 0. The molecule has 3 N–H and O–H groups in total. The number of unbranched alkanes of at least 4 members (excludes halogenated alkanes) is 6. The molecule has 6 heteroatoms. The van der Waals surface area contributed by atoms with Crippen molar-refractivity contribution in [3.63, 3.8) is 0 Å². The number of Topliss-reactive ketones (excluding diaryl/α,β-unsaturated/α-hetero) is 1. The van der Waals surface area contributed by atoms with Gasteiger partial charge in [0.2, 0.25) is 5.91 Å². The summed E-state index contributed by atoms with van der Waals surface area (Å²) in [4.78, 5) is 28.0. The summed E-state index contributed by atoms with van der Waals surface area (Å²) in [6.07, 6.45) is 9.57. The second-order valence-corrected chi connectivity index (χ2v) is 6.50. The molecule has 0 saturated carbocycles. The van der Waals surface area contributed by atoms with Crippen LogP contribution in [0.2, 0.25) is 0 Å². The van der Waals surface area contributed by atoms with Crippen molar-refractivity contribution in [2.45, 2.75) is 84.2 Å². The Kier molecular flexibility index (Phi) is 13.1. The summed E-state index contributed by atoms with van der Waals surface area (Å²) in [6, 6.07) is 0. The van der Waals surface area contributed by atoms with Crippen molar-refractivity contribution in [2.75, 3.05) is 13.6 Å². The third-order valence-corrected chi connectivity index (χ3v) is 3.99. The zero-order chi connectivity index (χ0) is 18.4. The second kappa shape index (κ2) is 14.0. The van der Waals surface area contributed by atoms with E-state index >= 15 is 0 Å². The summed E-state index contributed by atoms with van der Waals surface area (Å²) < 4.78 is 0. The fraction of sp³-hybridized carbons (Fsp3) is 0.833. The first-order chi connectivity index (χ1) is 11.4. The molecule has 140 valence electrons. The molecule has 1 amide bonds. The molecule has 0 aliphatic heterocycles. The van der Waals surface area contributed by atoms with E-state index in [0.29, 0.717) is 6.42 Å². The minimum absolute atomic E-state index is 0.0210. The highest BCUT2D eigenvalue weighted by atomic mass is 16.3. The summed E-state index contributed by atoms with van der Waals surface area (Å²) in [5, 5.41) is 9.45. The Morgan fingerprint density at radius 2 is 1.62 bits per heavy atom. The van der Waals surface area contributed by atoms with E-state index in [1.807, 2.05) is 6.92 Å². The van der Waals surface area contributed by atoms with Crippen LogP contribution in [0.3, 0.4) is 0 Å². The average Bonchev–Trinajstić information content (AvgIpc) is 2.52. The summed E-state index contributed by atoms with van der Waals surface area (Å²) in [5.74, 6) is -0.145. The van der Waals surface area contributed by atoms with Crippen molar-refractivity contribution >= 4 is 17.6 Å². The van der Waals surface area contributed by atoms with E-state index in [-0.39, 0.29) is 30.3 Å². The number of carbonyl (C=O) groups is 2. The quantitative estimate of drug-likeness (QED) is 0.305. The predicted octanol–water partition coefficient (Wildman–Crippen LogP) is 2.63. The maximum atomic E-state index is 11.7. The van der Waals surface area contributed by atoms with E-state index in [2.05, 4.69) is 4.99 Å². The van der Waals surface area contributed by atoms with Gasteiger partial charge in [0.15, 0.2) is 5.96 Å². The SMILES string of the molecule is CCC(O)CCCCCCCCCC(=O)N=C(N)N(C)CC(C)=O. The Labute approximate surface area is 146 Å². The van der Waals surface area contributed by atoms with Crippen LogP contribution in [0.5, 0.6) is 0 Å². The average molecular weight is 341 g/mol. The topological polar surface area (TPSA) is 96.0 Å². The van der Waals surface area contributed by atoms with Gasteiger partial charge in [-0.1, -0.05) is 45.4 Å². The maximum absolute atomic E-state index is 11.7. The van der Waals surface area contributed by atoms with Gasteiger partial charge in [0.05, 0.1) is 12.6 Å². The van der Waals surface area contributed by atoms with Crippen molar-refractivity contribution in [1.29, 1.82) is 0 Å². The lowest BCUT2D eigenvalue weighted by molar-refractivity contribution is -0.119. The van der Waals surface area contributed by atoms with Crippen LogP contribution in [0.4, 0.5) is 0 Å². The zero-order valence-corrected chi connectivity index (χ0v) is 15.6. The third-order valence-electron chi connectivity index (χ3n) is 3.99. The molecule has 24 heavy (non-hydrogen) atoms. The van der Waals surface area contributed by atoms with Crippen molar-refractivity contribution in [3.05, 3.63) is 0 Å². The van der Waals surface area contributed by atoms with Gasteiger partial charge in [0.1, 0.15) is 5.78 Å². The number of guanidine groups is 1. The number of ketones is 1. The number of aliphatic imine (C=N–C) groups is 1. The first-order valence-electron chi connectivity index (χ1n) is 9.12. The van der Waals surface area contributed by atoms with Crippen molar-refractivity contribution in [1.82, 2.24) is 4.90 Å². The molecule has 1 unspecified atom stereocenters. The molecule has 0 bridgehead atoms. The smallest absolute Gasteiger partial charge is 0.248 e. The molecule has 0 aliphatic carbocycles. The number of hydrogen-bond acceptors (Lipinski definition) is 3. The molecular formula is C18H35N3O3. The molecule has 0 radical (unpaired) electrons. The zero-order valence-electron chi connectivity index (χ0n) is 15.6. The number of nitrogens with two attached hydrogens (primary N) is 1. The molecule has 0 spiro atoms. The number of rotatable bonds is 13. The molecule has 6 nitrogen and oxygen atoms in total. The second-order valence-electron chi connectivity index (χ2n) is 6.50. The van der Waals surface area contributed by atoms with Gasteiger partial charge in [-0.3, -0.25) is 9.59 Å². The lowest BCUT2D eigenvalue weighted by Gasteiger charge is -2.15. The van der Waals surface area contributed by atoms with Crippen LogP contribution >= 0.6 is 0 Å². The number of hydrogen-bond donors (Lipinski definition) is 2. The van der Waals surface area contributed by atoms with E-state index in [9.17, 15) is 14.7 Å². The minimum atomic E-state index is -0.226. The standard InChI is InChI=1S/C18H35N3O3/c1-4-16(23)12-10-8-6-5-7-9-11-13-17(24)20-18(19)21(3)14-15(2)22/h16,23H,4-14H2,1-3H3,(H2,19,20,24). The van der Waals surface area contributed by atoms with Crippen LogP contribution in [-0.4, -0.2) is 47.4 Å². The summed E-state index contributed by atoms with van der Waals surface area (Å²) in [6.45, 7) is 3.64. The van der Waals surface area contributed by atoms with Crippen LogP contribution in [0.25, 0.3) is 0 Å². The van der Waals surface area contributed by atoms with E-state index in [1.54, 1.807) is 7.05 Å². The number of likely N-dealkylation sites (N-methyl/N-ethyl adjacent to an activating group) is 1. The normalized spacial score (nSPS) is 12.9. The van der Waals surface area contributed by atoms with Gasteiger partial charge in [0.25, 0.3) is 0 Å². The van der Waals surface area contributed by atoms with E-state index in [0.717, 1.165) is 38.5 Å². The Morgan fingerprint density at radius 1 is 1.08 bits per heavy atom.